The summed E-state index contributed by atoms with van der Waals surface area (Å²) in [5, 5.41) is 5.83. The van der Waals surface area contributed by atoms with E-state index in [1.807, 2.05) is 62.9 Å². The standard InChI is InChI=1S/C50H56F2N8O6/c1-25(2)41(53-23-40(61)65-5)47(63)60-31-11-7-30(17-31)43(60)45-55-36-14-10-28(20-37(36)56-45)27-8-12-32-33-13-9-29(19-35(33)50(51,52)34(32)18-27)38-22-54-44(57-38)39-21-49(15-16-49)24-59(39)46(62)42(26(3)4)58-48(64)66-6/h8-10,12-14,18-20,22,25-26,30-31,39,41-43,53H,7,11,15-17,21,23-24H2,1-6H3,(H,54,57)(H,55,56)(H,58,64)/t30-,31+,39-,41-,42-,43-/m0/s1. The predicted molar refractivity (Wildman–Crippen MR) is 242 cm³/mol. The molecule has 2 saturated carbocycles. The van der Waals surface area contributed by atoms with E-state index in [0.29, 0.717) is 46.1 Å². The molecule has 3 amide bonds. The lowest BCUT2D eigenvalue weighted by Gasteiger charge is -2.37. The number of amides is 3. The van der Waals surface area contributed by atoms with Gasteiger partial charge in [-0.25, -0.2) is 14.8 Å². The van der Waals surface area contributed by atoms with Gasteiger partial charge in [0.25, 0.3) is 5.92 Å². The zero-order valence-corrected chi connectivity index (χ0v) is 38.0. The highest BCUT2D eigenvalue weighted by atomic mass is 19.3. The monoisotopic (exact) mass is 902 g/mol. The summed E-state index contributed by atoms with van der Waals surface area (Å²) in [6.45, 7) is 8.15. The molecule has 10 rings (SSSR count). The molecule has 2 bridgehead atoms. The van der Waals surface area contributed by atoms with Gasteiger partial charge in [0.2, 0.25) is 11.8 Å². The number of likely N-dealkylation sites (tertiary alicyclic amines) is 2. The Morgan fingerprint density at radius 1 is 0.833 bits per heavy atom. The SMILES string of the molecule is COC(=O)CN[C@H](C(=O)N1[C@@H]2CC[C@@H](C2)[C@H]1c1nc2ccc(-c3ccc4c(c3)C(F)(F)c3cc(-c5c[nH]c([C@@H]6CC7(CC7)CN6C(=O)[C@@H](NC(=O)OC)C(C)C)n5)ccc3-4)cc2[nH]1)C(C)C. The van der Waals surface area contributed by atoms with Crippen LogP contribution in [0.4, 0.5) is 13.6 Å². The van der Waals surface area contributed by atoms with E-state index in [1.54, 1.807) is 29.3 Å². The molecule has 16 heteroatoms. The lowest BCUT2D eigenvalue weighted by molar-refractivity contribution is -0.142. The molecule has 1 spiro atoms. The normalized spacial score (nSPS) is 22.8. The molecular weight excluding hydrogens is 847 g/mol. The molecule has 3 aliphatic carbocycles. The maximum atomic E-state index is 16.7. The van der Waals surface area contributed by atoms with Crippen LogP contribution in [0.5, 0.6) is 0 Å². The Bertz CT molecular complexity index is 2760. The highest BCUT2D eigenvalue weighted by molar-refractivity contribution is 5.89. The molecule has 346 valence electrons. The van der Waals surface area contributed by atoms with E-state index in [1.165, 1.54) is 20.3 Å². The van der Waals surface area contributed by atoms with Crippen LogP contribution in [0, 0.1) is 23.2 Å². The van der Waals surface area contributed by atoms with Crippen LogP contribution in [-0.2, 0) is 29.8 Å². The van der Waals surface area contributed by atoms with Gasteiger partial charge in [-0.05, 0) is 108 Å². The number of fused-ring (bicyclic) bond motifs is 6. The minimum atomic E-state index is -3.29. The van der Waals surface area contributed by atoms with E-state index in [4.69, 9.17) is 19.4 Å². The van der Waals surface area contributed by atoms with Gasteiger partial charge < -0.3 is 34.6 Å². The van der Waals surface area contributed by atoms with Gasteiger partial charge in [-0.2, -0.15) is 8.78 Å². The van der Waals surface area contributed by atoms with Crippen LogP contribution in [0.15, 0.2) is 60.8 Å². The number of carbonyl (C=O) groups excluding carboxylic acids is 4. The Hall–Kier alpha value is -6.16. The number of carbonyl (C=O) groups is 4. The van der Waals surface area contributed by atoms with Gasteiger partial charge in [0.1, 0.15) is 17.7 Å². The molecule has 4 fully saturated rings. The predicted octanol–water partition coefficient (Wildman–Crippen LogP) is 8.01. The van der Waals surface area contributed by atoms with Crippen molar-refractivity contribution in [3.05, 3.63) is 83.6 Å². The molecule has 2 saturated heterocycles. The number of alkyl carbamates (subject to hydrolysis) is 1. The van der Waals surface area contributed by atoms with Crippen LogP contribution in [0.1, 0.15) is 101 Å². The van der Waals surface area contributed by atoms with Crippen molar-refractivity contribution in [1.29, 1.82) is 0 Å². The third-order valence-electron chi connectivity index (χ3n) is 14.9. The summed E-state index contributed by atoms with van der Waals surface area (Å²) in [4.78, 5) is 72.7. The number of nitrogens with zero attached hydrogens (tertiary/aromatic N) is 4. The average molecular weight is 903 g/mol. The highest BCUT2D eigenvalue weighted by Crippen LogP contribution is 2.59. The molecule has 14 nitrogen and oxygen atoms in total. The van der Waals surface area contributed by atoms with Gasteiger partial charge in [0.15, 0.2) is 0 Å². The van der Waals surface area contributed by atoms with Gasteiger partial charge in [-0.3, -0.25) is 19.7 Å². The average Bonchev–Trinajstić information content (AvgIpc) is 3.96. The topological polar surface area (TPSA) is 175 Å². The molecule has 0 radical (unpaired) electrons. The molecule has 5 aromatic rings. The fourth-order valence-corrected chi connectivity index (χ4v) is 11.2. The van der Waals surface area contributed by atoms with Gasteiger partial charge in [-0.15, -0.1) is 0 Å². The van der Waals surface area contributed by atoms with Crippen molar-refractivity contribution in [3.63, 3.8) is 0 Å². The van der Waals surface area contributed by atoms with Crippen molar-refractivity contribution in [2.75, 3.05) is 27.3 Å². The zero-order chi connectivity index (χ0) is 46.4. The minimum Gasteiger partial charge on any atom is -0.468 e. The zero-order valence-electron chi connectivity index (χ0n) is 38.0. The van der Waals surface area contributed by atoms with Crippen molar-refractivity contribution in [1.82, 2.24) is 40.4 Å². The Labute approximate surface area is 381 Å². The third kappa shape index (κ3) is 7.41. The molecular formula is C50H56F2N8O6. The van der Waals surface area contributed by atoms with Gasteiger partial charge >= 0.3 is 12.1 Å². The van der Waals surface area contributed by atoms with E-state index in [0.717, 1.165) is 55.1 Å². The first-order valence-corrected chi connectivity index (χ1v) is 23.1. The molecule has 2 aliphatic heterocycles. The van der Waals surface area contributed by atoms with Crippen molar-refractivity contribution in [2.24, 2.45) is 23.2 Å². The van der Waals surface area contributed by atoms with E-state index in [2.05, 4.69) is 20.6 Å². The molecule has 0 unspecified atom stereocenters. The van der Waals surface area contributed by atoms with Crippen LogP contribution < -0.4 is 10.6 Å². The lowest BCUT2D eigenvalue weighted by Crippen LogP contribution is -2.53. The fourth-order valence-electron chi connectivity index (χ4n) is 11.2. The molecule has 4 N–H and O–H groups in total. The van der Waals surface area contributed by atoms with Crippen molar-refractivity contribution in [2.45, 2.75) is 102 Å². The number of H-pyrrole nitrogens is 2. The Kier molecular flexibility index (Phi) is 10.8. The number of nitrogens with one attached hydrogen (secondary N) is 4. The maximum Gasteiger partial charge on any atom is 0.407 e. The summed E-state index contributed by atoms with van der Waals surface area (Å²) in [6, 6.07) is 14.1. The van der Waals surface area contributed by atoms with E-state index in [9.17, 15) is 19.2 Å². The summed E-state index contributed by atoms with van der Waals surface area (Å²) < 4.78 is 43.0. The first-order chi connectivity index (χ1) is 31.6. The Balaban J connectivity index is 0.889. The van der Waals surface area contributed by atoms with Gasteiger partial charge in [-0.1, -0.05) is 58.0 Å². The number of aromatic amines is 2. The summed E-state index contributed by atoms with van der Waals surface area (Å²) in [6.07, 6.45) is 6.55. The van der Waals surface area contributed by atoms with Crippen LogP contribution in [0.3, 0.4) is 0 Å². The van der Waals surface area contributed by atoms with Crippen LogP contribution in [0.25, 0.3) is 44.5 Å². The third-order valence-corrected chi connectivity index (χ3v) is 14.9. The summed E-state index contributed by atoms with van der Waals surface area (Å²) in [5.41, 5.74) is 4.64. The van der Waals surface area contributed by atoms with Crippen molar-refractivity contribution in [3.8, 4) is 33.5 Å². The number of imidazole rings is 2. The first-order valence-electron chi connectivity index (χ1n) is 23.1. The first kappa shape index (κ1) is 43.7. The quantitative estimate of drug-likeness (QED) is 0.0905. The molecule has 5 aliphatic rings. The van der Waals surface area contributed by atoms with Gasteiger partial charge in [0.05, 0.1) is 55.6 Å². The second kappa shape index (κ2) is 16.3. The number of piperidine rings is 1. The second-order valence-corrected chi connectivity index (χ2v) is 19.8. The van der Waals surface area contributed by atoms with E-state index >= 15 is 8.78 Å². The van der Waals surface area contributed by atoms with Crippen LogP contribution in [0.2, 0.25) is 0 Å². The summed E-state index contributed by atoms with van der Waals surface area (Å²) >= 11 is 0. The molecule has 6 atom stereocenters. The summed E-state index contributed by atoms with van der Waals surface area (Å²) in [7, 11) is 2.59. The minimum absolute atomic E-state index is 0.0108. The largest absolute Gasteiger partial charge is 0.468 e. The molecule has 3 aromatic carbocycles. The highest BCUT2D eigenvalue weighted by Gasteiger charge is 2.56. The number of ether oxygens (including phenoxy) is 2. The van der Waals surface area contributed by atoms with E-state index in [-0.39, 0.29) is 70.8 Å². The number of alkyl halides is 2. The van der Waals surface area contributed by atoms with Crippen molar-refractivity contribution < 1.29 is 37.4 Å². The molecule has 66 heavy (non-hydrogen) atoms. The van der Waals surface area contributed by atoms with Crippen LogP contribution >= 0.6 is 0 Å². The van der Waals surface area contributed by atoms with Gasteiger partial charge in [0, 0.05) is 35.5 Å². The number of rotatable bonds is 12. The molecule has 4 heterocycles. The summed E-state index contributed by atoms with van der Waals surface area (Å²) in [5.74, 6) is -2.71. The number of benzene rings is 3. The Morgan fingerprint density at radius 2 is 1.52 bits per heavy atom. The van der Waals surface area contributed by atoms with Crippen molar-refractivity contribution >= 4 is 34.9 Å². The number of methoxy groups -OCH3 is 2. The second-order valence-electron chi connectivity index (χ2n) is 19.8. The smallest absolute Gasteiger partial charge is 0.407 e. The van der Waals surface area contributed by atoms with Crippen LogP contribution in [-0.4, -0.2) is 99.0 Å². The maximum absolute atomic E-state index is 16.7. The van der Waals surface area contributed by atoms with E-state index < -0.39 is 30.1 Å². The molecule has 2 aromatic heterocycles. The number of hydrogen-bond donors (Lipinski definition) is 4. The number of aromatic nitrogens is 4. The Morgan fingerprint density at radius 3 is 2.20 bits per heavy atom. The fraction of sp³-hybridized carbons (Fsp3) is 0.480. The lowest BCUT2D eigenvalue weighted by atomic mass is 9.95. The number of halogens is 2. The number of hydrogen-bond acceptors (Lipinski definition) is 9. The number of esters is 1.